The van der Waals surface area contributed by atoms with Gasteiger partial charge in [-0.05, 0) is 39.9 Å². The molecule has 1 N–H and O–H groups in total. The second-order valence-electron chi connectivity index (χ2n) is 15.4. The molecule has 6 aromatic rings. The van der Waals surface area contributed by atoms with Gasteiger partial charge in [0.1, 0.15) is 48.2 Å². The lowest BCUT2D eigenvalue weighted by Gasteiger charge is -2.47. The summed E-state index contributed by atoms with van der Waals surface area (Å²) in [5, 5.41) is 12.4. The minimum absolute atomic E-state index is 0.129. The van der Waals surface area contributed by atoms with Gasteiger partial charge in [-0.3, -0.25) is 0 Å². The summed E-state index contributed by atoms with van der Waals surface area (Å²) in [4.78, 5) is 1.04. The zero-order valence-electron chi connectivity index (χ0n) is 34.6. The maximum Gasteiger partial charge on any atom is 0.187 e. The van der Waals surface area contributed by atoms with Crippen molar-refractivity contribution >= 4 is 11.8 Å². The highest BCUT2D eigenvalue weighted by atomic mass is 32.2. The summed E-state index contributed by atoms with van der Waals surface area (Å²) < 4.78 is 53.7. The van der Waals surface area contributed by atoms with Crippen LogP contribution in [0.5, 0.6) is 0 Å². The second-order valence-corrected chi connectivity index (χ2v) is 16.6. The maximum atomic E-state index is 12.4. The van der Waals surface area contributed by atoms with Crippen LogP contribution in [0.25, 0.3) is 0 Å². The molecule has 0 unspecified atom stereocenters. The van der Waals surface area contributed by atoms with Crippen LogP contribution in [-0.2, 0) is 70.9 Å². The van der Waals surface area contributed by atoms with Crippen molar-refractivity contribution in [2.24, 2.45) is 0 Å². The van der Waals surface area contributed by atoms with E-state index in [1.54, 1.807) is 11.8 Å². The third-order valence-electron chi connectivity index (χ3n) is 10.8. The Labute approximate surface area is 368 Å². The molecule has 322 valence electrons. The Morgan fingerprint density at radius 3 is 1.35 bits per heavy atom. The third kappa shape index (κ3) is 12.5. The van der Waals surface area contributed by atoms with Crippen LogP contribution in [0.1, 0.15) is 27.8 Å². The van der Waals surface area contributed by atoms with Crippen molar-refractivity contribution < 1.29 is 43.0 Å². The fraction of sp³-hybridized carbons (Fsp3) is 0.308. The van der Waals surface area contributed by atoms with Crippen molar-refractivity contribution in [1.29, 1.82) is 0 Å². The molecule has 10 heteroatoms. The molecular weight excluding hydrogens is 801 g/mol. The summed E-state index contributed by atoms with van der Waals surface area (Å²) in [5.41, 5.74) is 4.52. The second kappa shape index (κ2) is 23.1. The van der Waals surface area contributed by atoms with E-state index in [0.29, 0.717) is 19.8 Å². The zero-order valence-corrected chi connectivity index (χ0v) is 35.4. The molecule has 0 aliphatic carbocycles. The van der Waals surface area contributed by atoms with Gasteiger partial charge in [-0.1, -0.05) is 182 Å². The molecule has 0 saturated carbocycles. The summed E-state index contributed by atoms with van der Waals surface area (Å²) in [6, 6.07) is 59.9. The molecule has 0 radical (unpaired) electrons. The molecule has 6 aromatic carbocycles. The van der Waals surface area contributed by atoms with E-state index < -0.39 is 54.5 Å². The van der Waals surface area contributed by atoms with Gasteiger partial charge in [-0.15, -0.1) is 0 Å². The number of aliphatic hydroxyl groups excluding tert-OH is 1. The molecule has 8 rings (SSSR count). The quantitative estimate of drug-likeness (QED) is 0.0802. The Morgan fingerprint density at radius 2 is 0.871 bits per heavy atom. The Kier molecular flexibility index (Phi) is 16.4. The first-order valence-corrected chi connectivity index (χ1v) is 22.1. The van der Waals surface area contributed by atoms with Crippen molar-refractivity contribution in [3.05, 3.63) is 210 Å². The monoisotopic (exact) mass is 854 g/mol. The Bertz CT molecular complexity index is 2130. The van der Waals surface area contributed by atoms with E-state index in [-0.39, 0.29) is 26.4 Å². The van der Waals surface area contributed by atoms with Gasteiger partial charge in [0.2, 0.25) is 0 Å². The first kappa shape index (κ1) is 43.9. The van der Waals surface area contributed by atoms with Gasteiger partial charge in [0.05, 0.1) is 46.2 Å². The van der Waals surface area contributed by atoms with E-state index in [0.717, 1.165) is 32.7 Å². The Morgan fingerprint density at radius 1 is 0.468 bits per heavy atom. The molecule has 0 amide bonds. The van der Waals surface area contributed by atoms with Crippen LogP contribution in [0.15, 0.2) is 187 Å². The smallest absolute Gasteiger partial charge is 0.187 e. The summed E-state index contributed by atoms with van der Waals surface area (Å²) in [7, 11) is 0. The Hall–Kier alpha value is -4.69. The molecule has 2 aliphatic rings. The summed E-state index contributed by atoms with van der Waals surface area (Å²) >= 11 is 1.59. The average Bonchev–Trinajstić information content (AvgIpc) is 3.32. The standard InChI is InChI=1S/C52H54O9S/c53-46-47(55-32-39-21-9-2-10-22-39)44(36-54-31-38-19-7-1-8-20-38)60-51(49(46)57-34-41-25-13-4-14-26-41)61-45-37-59-52(62-43-29-17-6-18-30-43)50(58-35-42-27-15-5-16-28-42)48(45)56-33-40-23-11-3-12-24-40/h1-30,44-53H,31-37H2/t44-,45-,46+,47+,48+,49-,50-,51+,52-/m1/s1. The van der Waals surface area contributed by atoms with E-state index in [9.17, 15) is 5.11 Å². The summed E-state index contributed by atoms with van der Waals surface area (Å²) in [5.74, 6) is 0. The first-order chi connectivity index (χ1) is 30.7. The van der Waals surface area contributed by atoms with Gasteiger partial charge < -0.3 is 43.0 Å². The zero-order chi connectivity index (χ0) is 42.2. The molecule has 2 heterocycles. The molecule has 2 fully saturated rings. The number of benzene rings is 6. The average molecular weight is 855 g/mol. The highest BCUT2D eigenvalue weighted by molar-refractivity contribution is 7.99. The summed E-state index contributed by atoms with van der Waals surface area (Å²) in [6.45, 7) is 1.76. The van der Waals surface area contributed by atoms with Crippen molar-refractivity contribution in [2.75, 3.05) is 13.2 Å². The van der Waals surface area contributed by atoms with Crippen molar-refractivity contribution in [3.63, 3.8) is 0 Å². The van der Waals surface area contributed by atoms with Crippen LogP contribution in [-0.4, -0.2) is 72.8 Å². The van der Waals surface area contributed by atoms with Crippen LogP contribution in [0.4, 0.5) is 0 Å². The highest BCUT2D eigenvalue weighted by Gasteiger charge is 2.51. The minimum Gasteiger partial charge on any atom is -0.387 e. The van der Waals surface area contributed by atoms with Crippen LogP contribution >= 0.6 is 11.8 Å². The lowest BCUT2D eigenvalue weighted by molar-refractivity contribution is -0.346. The van der Waals surface area contributed by atoms with E-state index in [1.165, 1.54) is 0 Å². The van der Waals surface area contributed by atoms with E-state index in [1.807, 2.05) is 170 Å². The van der Waals surface area contributed by atoms with E-state index >= 15 is 0 Å². The van der Waals surface area contributed by atoms with Crippen LogP contribution in [0, 0.1) is 0 Å². The lowest BCUT2D eigenvalue weighted by atomic mass is 9.97. The fourth-order valence-electron chi connectivity index (χ4n) is 7.60. The van der Waals surface area contributed by atoms with Crippen molar-refractivity contribution in [1.82, 2.24) is 0 Å². The molecule has 62 heavy (non-hydrogen) atoms. The number of thioether (sulfide) groups is 1. The number of rotatable bonds is 20. The number of hydrogen-bond donors (Lipinski definition) is 1. The summed E-state index contributed by atoms with van der Waals surface area (Å²) in [6.07, 6.45) is -6.62. The van der Waals surface area contributed by atoms with Gasteiger partial charge in [0, 0.05) is 4.90 Å². The van der Waals surface area contributed by atoms with E-state index in [4.69, 9.17) is 37.9 Å². The van der Waals surface area contributed by atoms with Gasteiger partial charge in [-0.2, -0.15) is 0 Å². The van der Waals surface area contributed by atoms with Gasteiger partial charge in [-0.25, -0.2) is 0 Å². The van der Waals surface area contributed by atoms with Crippen molar-refractivity contribution in [3.8, 4) is 0 Å². The third-order valence-corrected chi connectivity index (χ3v) is 12.0. The predicted molar refractivity (Wildman–Crippen MR) is 238 cm³/mol. The molecule has 2 aliphatic heterocycles. The molecule has 2 saturated heterocycles. The normalized spacial score (nSPS) is 25.0. The number of hydrogen-bond acceptors (Lipinski definition) is 10. The Balaban J connectivity index is 1.09. The largest absolute Gasteiger partial charge is 0.387 e. The highest BCUT2D eigenvalue weighted by Crippen LogP contribution is 2.37. The molecular formula is C52H54O9S. The van der Waals surface area contributed by atoms with Crippen molar-refractivity contribution in [2.45, 2.75) is 92.4 Å². The SMILES string of the molecule is O[C@H]1[C@@H](OCc2ccccc2)[C@@H](COCc2ccccc2)O[C@@H](O[C@@H]2CO[C@H](Sc3ccccc3)[C@H](OCc3ccccc3)[C@H]2OCc2ccccc2)[C@@H]1OCc1ccccc1. The maximum absolute atomic E-state index is 12.4. The van der Waals surface area contributed by atoms with E-state index in [2.05, 4.69) is 12.1 Å². The van der Waals surface area contributed by atoms with Crippen LogP contribution in [0.3, 0.4) is 0 Å². The van der Waals surface area contributed by atoms with Crippen LogP contribution < -0.4 is 0 Å². The topological polar surface area (TPSA) is 94.1 Å². The molecule has 0 spiro atoms. The number of aliphatic hydroxyl groups is 1. The predicted octanol–water partition coefficient (Wildman–Crippen LogP) is 9.16. The number of ether oxygens (including phenoxy) is 8. The fourth-order valence-corrected chi connectivity index (χ4v) is 8.70. The van der Waals surface area contributed by atoms with Gasteiger partial charge >= 0.3 is 0 Å². The molecule has 9 atom stereocenters. The molecule has 9 nitrogen and oxygen atoms in total. The minimum atomic E-state index is -1.16. The molecule has 0 aromatic heterocycles. The lowest BCUT2D eigenvalue weighted by Crippen LogP contribution is -2.63. The van der Waals surface area contributed by atoms with Crippen LogP contribution in [0.2, 0.25) is 0 Å². The molecule has 0 bridgehead atoms. The van der Waals surface area contributed by atoms with Gasteiger partial charge in [0.25, 0.3) is 0 Å². The first-order valence-electron chi connectivity index (χ1n) is 21.2. The van der Waals surface area contributed by atoms with Gasteiger partial charge in [0.15, 0.2) is 6.29 Å².